The molecule has 0 saturated heterocycles. The second-order valence-electron chi connectivity index (χ2n) is 5.82. The van der Waals surface area contributed by atoms with E-state index in [0.29, 0.717) is 28.8 Å². The highest BCUT2D eigenvalue weighted by molar-refractivity contribution is 7.71. The lowest BCUT2D eigenvalue weighted by molar-refractivity contribution is 0.0955. The van der Waals surface area contributed by atoms with Crippen molar-refractivity contribution in [3.8, 4) is 0 Å². The van der Waals surface area contributed by atoms with E-state index in [1.165, 1.54) is 12.1 Å². The van der Waals surface area contributed by atoms with Gasteiger partial charge in [-0.2, -0.15) is 0 Å². The number of H-pyrrole nitrogens is 3. The molecule has 4 aromatic rings. The first-order chi connectivity index (χ1) is 12.1. The number of hydrogen-bond acceptors (Lipinski definition) is 2. The lowest BCUT2D eigenvalue weighted by atomic mass is 10.1. The summed E-state index contributed by atoms with van der Waals surface area (Å²) in [5.41, 5.74) is 3.42. The predicted molar refractivity (Wildman–Crippen MR) is 97.8 cm³/mol. The van der Waals surface area contributed by atoms with Crippen molar-refractivity contribution in [3.63, 3.8) is 0 Å². The Labute approximate surface area is 147 Å². The summed E-state index contributed by atoms with van der Waals surface area (Å²) in [5.74, 6) is -0.825. The molecule has 0 aliphatic rings. The summed E-state index contributed by atoms with van der Waals surface area (Å²) in [5, 5.41) is 3.98. The van der Waals surface area contributed by atoms with Gasteiger partial charge in [0, 0.05) is 23.6 Å². The minimum Gasteiger partial charge on any atom is -0.361 e. The molecule has 126 valence electrons. The van der Waals surface area contributed by atoms with Crippen LogP contribution in [0.1, 0.15) is 15.9 Å². The highest BCUT2D eigenvalue weighted by Gasteiger charge is 2.14. The molecule has 4 rings (SSSR count). The SMILES string of the molecule is O=C(NCCc1c[nH]c2ccccc12)c1cc(F)cc2[nH]c(=S)[nH]c12. The van der Waals surface area contributed by atoms with Gasteiger partial charge in [0.25, 0.3) is 5.91 Å². The number of imidazole rings is 1. The van der Waals surface area contributed by atoms with Gasteiger partial charge in [0.1, 0.15) is 5.82 Å². The van der Waals surface area contributed by atoms with Crippen LogP contribution < -0.4 is 5.32 Å². The topological polar surface area (TPSA) is 76.5 Å². The maximum atomic E-state index is 13.7. The third-order valence-electron chi connectivity index (χ3n) is 4.19. The van der Waals surface area contributed by atoms with E-state index >= 15 is 0 Å². The third-order valence-corrected chi connectivity index (χ3v) is 4.39. The highest BCUT2D eigenvalue weighted by atomic mass is 32.1. The number of fused-ring (bicyclic) bond motifs is 2. The van der Waals surface area contributed by atoms with E-state index in [4.69, 9.17) is 12.2 Å². The molecular weight excluding hydrogens is 339 g/mol. The van der Waals surface area contributed by atoms with Gasteiger partial charge >= 0.3 is 0 Å². The van der Waals surface area contributed by atoms with E-state index in [0.717, 1.165) is 16.5 Å². The van der Waals surface area contributed by atoms with Crippen molar-refractivity contribution in [2.75, 3.05) is 6.54 Å². The summed E-state index contributed by atoms with van der Waals surface area (Å²) in [6, 6.07) is 10.5. The molecular formula is C18H15FN4OS. The molecule has 5 nitrogen and oxygen atoms in total. The molecule has 0 bridgehead atoms. The van der Waals surface area contributed by atoms with Gasteiger partial charge in [-0.25, -0.2) is 4.39 Å². The Balaban J connectivity index is 1.52. The average molecular weight is 354 g/mol. The average Bonchev–Trinajstić information content (AvgIpc) is 3.17. The molecule has 0 radical (unpaired) electrons. The molecule has 2 aromatic carbocycles. The number of carbonyl (C=O) groups is 1. The molecule has 0 aliphatic carbocycles. The quantitative estimate of drug-likeness (QED) is 0.421. The highest BCUT2D eigenvalue weighted by Crippen LogP contribution is 2.19. The normalized spacial score (nSPS) is 11.2. The second-order valence-corrected chi connectivity index (χ2v) is 6.23. The van der Waals surface area contributed by atoms with Gasteiger partial charge in [-0.1, -0.05) is 18.2 Å². The van der Waals surface area contributed by atoms with Crippen LogP contribution in [-0.4, -0.2) is 27.4 Å². The fourth-order valence-electron chi connectivity index (χ4n) is 3.03. The lowest BCUT2D eigenvalue weighted by Crippen LogP contribution is -2.26. The molecule has 4 N–H and O–H groups in total. The van der Waals surface area contributed by atoms with E-state index in [2.05, 4.69) is 20.3 Å². The smallest absolute Gasteiger partial charge is 0.253 e. The molecule has 7 heteroatoms. The summed E-state index contributed by atoms with van der Waals surface area (Å²) in [6.45, 7) is 0.448. The van der Waals surface area contributed by atoms with Gasteiger partial charge in [0.05, 0.1) is 16.6 Å². The molecule has 0 aliphatic heterocycles. The maximum Gasteiger partial charge on any atom is 0.253 e. The number of aromatic nitrogens is 3. The molecule has 0 saturated carbocycles. The van der Waals surface area contributed by atoms with E-state index in [1.54, 1.807) is 0 Å². The molecule has 2 aromatic heterocycles. The van der Waals surface area contributed by atoms with Crippen LogP contribution >= 0.6 is 12.2 Å². The molecule has 0 unspecified atom stereocenters. The molecule has 25 heavy (non-hydrogen) atoms. The molecule has 2 heterocycles. The Kier molecular flexibility index (Phi) is 3.85. The van der Waals surface area contributed by atoms with Crippen LogP contribution in [0.3, 0.4) is 0 Å². The van der Waals surface area contributed by atoms with Gasteiger partial charge in [0.15, 0.2) is 4.77 Å². The monoisotopic (exact) mass is 354 g/mol. The Bertz CT molecular complexity index is 1140. The number of carbonyl (C=O) groups excluding carboxylic acids is 1. The van der Waals surface area contributed by atoms with Crippen LogP contribution in [0.15, 0.2) is 42.6 Å². The van der Waals surface area contributed by atoms with Crippen molar-refractivity contribution >= 4 is 40.1 Å². The Morgan fingerprint density at radius 2 is 2.00 bits per heavy atom. The van der Waals surface area contributed by atoms with Gasteiger partial charge in [-0.15, -0.1) is 0 Å². The minimum absolute atomic E-state index is 0.237. The van der Waals surface area contributed by atoms with Crippen LogP contribution in [0.2, 0.25) is 0 Å². The van der Waals surface area contributed by atoms with Gasteiger partial charge in [0.2, 0.25) is 0 Å². The van der Waals surface area contributed by atoms with Crippen molar-refractivity contribution in [1.29, 1.82) is 0 Å². The van der Waals surface area contributed by atoms with Gasteiger partial charge in [-0.05, 0) is 42.4 Å². The van der Waals surface area contributed by atoms with E-state index in [-0.39, 0.29) is 11.5 Å². The Morgan fingerprint density at radius 3 is 2.88 bits per heavy atom. The first-order valence-corrected chi connectivity index (χ1v) is 8.27. The van der Waals surface area contributed by atoms with Crippen molar-refractivity contribution in [3.05, 3.63) is 64.3 Å². The lowest BCUT2D eigenvalue weighted by Gasteiger charge is -2.06. The van der Waals surface area contributed by atoms with E-state index in [9.17, 15) is 9.18 Å². The summed E-state index contributed by atoms with van der Waals surface area (Å²) in [7, 11) is 0. The number of nitrogens with one attached hydrogen (secondary N) is 4. The zero-order chi connectivity index (χ0) is 17.4. The summed E-state index contributed by atoms with van der Waals surface area (Å²) >= 11 is 5.02. The summed E-state index contributed by atoms with van der Waals surface area (Å²) in [4.78, 5) is 21.4. The number of para-hydroxylation sites is 1. The van der Waals surface area contributed by atoms with Crippen LogP contribution in [-0.2, 0) is 6.42 Å². The fourth-order valence-corrected chi connectivity index (χ4v) is 3.24. The molecule has 0 atom stereocenters. The predicted octanol–water partition coefficient (Wildman–Crippen LogP) is 3.82. The largest absolute Gasteiger partial charge is 0.361 e. The minimum atomic E-state index is -0.487. The van der Waals surface area contributed by atoms with Crippen molar-refractivity contribution in [2.45, 2.75) is 6.42 Å². The summed E-state index contributed by atoms with van der Waals surface area (Å²) in [6.07, 6.45) is 2.62. The molecule has 1 amide bonds. The van der Waals surface area contributed by atoms with E-state index in [1.807, 2.05) is 30.5 Å². The molecule has 0 fully saturated rings. The van der Waals surface area contributed by atoms with E-state index < -0.39 is 5.82 Å². The summed E-state index contributed by atoms with van der Waals surface area (Å²) < 4.78 is 14.1. The van der Waals surface area contributed by atoms with Crippen LogP contribution in [0.5, 0.6) is 0 Å². The first-order valence-electron chi connectivity index (χ1n) is 7.86. The van der Waals surface area contributed by atoms with Crippen molar-refractivity contribution in [2.24, 2.45) is 0 Å². The second kappa shape index (κ2) is 6.18. The Morgan fingerprint density at radius 1 is 1.16 bits per heavy atom. The first kappa shape index (κ1) is 15.6. The van der Waals surface area contributed by atoms with Crippen molar-refractivity contribution < 1.29 is 9.18 Å². The zero-order valence-corrected chi connectivity index (χ0v) is 14.0. The number of halogens is 1. The van der Waals surface area contributed by atoms with Crippen LogP contribution in [0.25, 0.3) is 21.9 Å². The number of aromatic amines is 3. The van der Waals surface area contributed by atoms with Gasteiger partial charge < -0.3 is 20.3 Å². The van der Waals surface area contributed by atoms with Crippen LogP contribution in [0, 0.1) is 10.6 Å². The number of amides is 1. The Hall–Kier alpha value is -2.93. The van der Waals surface area contributed by atoms with Crippen LogP contribution in [0.4, 0.5) is 4.39 Å². The number of rotatable bonds is 4. The third kappa shape index (κ3) is 2.94. The number of benzene rings is 2. The maximum absolute atomic E-state index is 13.7. The molecule has 0 spiro atoms. The standard InChI is InChI=1S/C18H15FN4OS/c19-11-7-13(16-15(8-11)22-18(25)23-16)17(24)20-6-5-10-9-21-14-4-2-1-3-12(10)14/h1-4,7-9,21H,5-6H2,(H,20,24)(H2,22,23,25). The number of hydrogen-bond donors (Lipinski definition) is 4. The van der Waals surface area contributed by atoms with Crippen molar-refractivity contribution in [1.82, 2.24) is 20.3 Å². The zero-order valence-electron chi connectivity index (χ0n) is 13.2. The van der Waals surface area contributed by atoms with Gasteiger partial charge in [-0.3, -0.25) is 4.79 Å². The fraction of sp³-hybridized carbons (Fsp3) is 0.111.